The third-order valence-electron chi connectivity index (χ3n) is 4.60. The summed E-state index contributed by atoms with van der Waals surface area (Å²) in [7, 11) is 0. The second-order valence-electron chi connectivity index (χ2n) is 6.69. The van der Waals surface area contributed by atoms with Crippen LogP contribution in [0.15, 0.2) is 95.5 Å². The number of nitrogens with one attached hydrogen (secondary N) is 1. The lowest BCUT2D eigenvalue weighted by Crippen LogP contribution is -2.30. The van der Waals surface area contributed by atoms with Crippen molar-refractivity contribution in [2.24, 2.45) is 0 Å². The molecule has 0 aliphatic heterocycles. The number of nitrogens with zero attached hydrogens (tertiary/aromatic N) is 1. The minimum Gasteiger partial charge on any atom is -0.356 e. The Morgan fingerprint density at radius 1 is 0.897 bits per heavy atom. The fourth-order valence-electron chi connectivity index (χ4n) is 3.17. The van der Waals surface area contributed by atoms with Crippen molar-refractivity contribution in [1.82, 2.24) is 10.5 Å². The molecule has 0 fully saturated rings. The Kier molecular flexibility index (Phi) is 5.47. The number of benzene rings is 3. The molecule has 1 heterocycles. The van der Waals surface area contributed by atoms with E-state index in [-0.39, 0.29) is 24.2 Å². The quantitative estimate of drug-likeness (QED) is 0.511. The Morgan fingerprint density at radius 3 is 2.07 bits per heavy atom. The van der Waals surface area contributed by atoms with Crippen LogP contribution in [-0.4, -0.2) is 11.1 Å². The summed E-state index contributed by atoms with van der Waals surface area (Å²) in [5.74, 6) is 0.0119. The Balaban J connectivity index is 1.49. The van der Waals surface area contributed by atoms with Crippen molar-refractivity contribution in [2.45, 2.75) is 12.5 Å². The molecule has 1 amide bonds. The zero-order valence-corrected chi connectivity index (χ0v) is 15.6. The molecule has 0 spiro atoms. The summed E-state index contributed by atoms with van der Waals surface area (Å²) < 4.78 is 18.4. The van der Waals surface area contributed by atoms with Gasteiger partial charge in [-0.2, -0.15) is 0 Å². The number of carbonyl (C=O) groups is 1. The van der Waals surface area contributed by atoms with E-state index < -0.39 is 0 Å². The SMILES string of the molecule is O=C(Cc1cc(-c2ccc(F)cc2)on1)NC(c1ccccc1)c1ccccc1. The molecular weight excluding hydrogens is 367 g/mol. The van der Waals surface area contributed by atoms with Crippen molar-refractivity contribution in [3.8, 4) is 11.3 Å². The van der Waals surface area contributed by atoms with Crippen molar-refractivity contribution in [1.29, 1.82) is 0 Å². The van der Waals surface area contributed by atoms with E-state index >= 15 is 0 Å². The highest BCUT2D eigenvalue weighted by molar-refractivity contribution is 5.79. The average molecular weight is 386 g/mol. The van der Waals surface area contributed by atoms with Crippen LogP contribution in [0.3, 0.4) is 0 Å². The van der Waals surface area contributed by atoms with Gasteiger partial charge in [-0.15, -0.1) is 0 Å². The molecule has 3 aromatic carbocycles. The molecule has 0 saturated heterocycles. The molecule has 0 unspecified atom stereocenters. The molecule has 0 bridgehead atoms. The first-order chi connectivity index (χ1) is 14.2. The molecule has 0 saturated carbocycles. The zero-order valence-electron chi connectivity index (χ0n) is 15.6. The van der Waals surface area contributed by atoms with E-state index in [9.17, 15) is 9.18 Å². The molecule has 0 atom stereocenters. The Hall–Kier alpha value is -3.73. The lowest BCUT2D eigenvalue weighted by Gasteiger charge is -2.19. The predicted octanol–water partition coefficient (Wildman–Crippen LogP) is 4.93. The first kappa shape index (κ1) is 18.6. The Morgan fingerprint density at radius 2 is 1.48 bits per heavy atom. The second-order valence-corrected chi connectivity index (χ2v) is 6.69. The van der Waals surface area contributed by atoms with Crippen LogP contribution in [0.5, 0.6) is 0 Å². The molecule has 1 N–H and O–H groups in total. The highest BCUT2D eigenvalue weighted by atomic mass is 19.1. The molecule has 144 valence electrons. The standard InChI is InChI=1S/C24H19FN2O2/c25-20-13-11-17(12-14-20)22-15-21(27-29-22)16-23(28)26-24(18-7-3-1-4-8-18)19-9-5-2-6-10-19/h1-15,24H,16H2,(H,26,28). The summed E-state index contributed by atoms with van der Waals surface area (Å²) in [6.07, 6.45) is 0.0842. The van der Waals surface area contributed by atoms with Gasteiger partial charge in [0, 0.05) is 11.6 Å². The van der Waals surface area contributed by atoms with Gasteiger partial charge in [-0.1, -0.05) is 65.8 Å². The van der Waals surface area contributed by atoms with Gasteiger partial charge in [-0.25, -0.2) is 4.39 Å². The van der Waals surface area contributed by atoms with Crippen LogP contribution >= 0.6 is 0 Å². The van der Waals surface area contributed by atoms with E-state index in [1.54, 1.807) is 18.2 Å². The van der Waals surface area contributed by atoms with E-state index in [0.717, 1.165) is 11.1 Å². The van der Waals surface area contributed by atoms with Gasteiger partial charge in [0.2, 0.25) is 5.91 Å². The Bertz CT molecular complexity index is 1040. The third-order valence-corrected chi connectivity index (χ3v) is 4.60. The van der Waals surface area contributed by atoms with Crippen LogP contribution in [0.4, 0.5) is 4.39 Å². The number of hydrogen-bond acceptors (Lipinski definition) is 3. The van der Waals surface area contributed by atoms with Crippen LogP contribution in [0.1, 0.15) is 22.9 Å². The fourth-order valence-corrected chi connectivity index (χ4v) is 3.17. The van der Waals surface area contributed by atoms with Gasteiger partial charge < -0.3 is 9.84 Å². The van der Waals surface area contributed by atoms with Crippen LogP contribution in [-0.2, 0) is 11.2 Å². The highest BCUT2D eigenvalue weighted by Gasteiger charge is 2.18. The van der Waals surface area contributed by atoms with Gasteiger partial charge in [0.05, 0.1) is 18.2 Å². The molecule has 0 aliphatic carbocycles. The van der Waals surface area contributed by atoms with Gasteiger partial charge in [-0.05, 0) is 35.4 Å². The van der Waals surface area contributed by atoms with Crippen molar-refractivity contribution in [3.05, 3.63) is 114 Å². The van der Waals surface area contributed by atoms with E-state index in [0.29, 0.717) is 17.0 Å². The topological polar surface area (TPSA) is 55.1 Å². The van der Waals surface area contributed by atoms with Crippen molar-refractivity contribution >= 4 is 5.91 Å². The van der Waals surface area contributed by atoms with E-state index in [2.05, 4.69) is 10.5 Å². The Labute approximate surface area is 168 Å². The van der Waals surface area contributed by atoms with E-state index in [1.807, 2.05) is 60.7 Å². The molecular formula is C24H19FN2O2. The van der Waals surface area contributed by atoms with Crippen molar-refractivity contribution in [2.75, 3.05) is 0 Å². The lowest BCUT2D eigenvalue weighted by molar-refractivity contribution is -0.121. The lowest BCUT2D eigenvalue weighted by atomic mass is 9.98. The summed E-state index contributed by atoms with van der Waals surface area (Å²) in [6.45, 7) is 0. The monoisotopic (exact) mass is 386 g/mol. The molecule has 5 heteroatoms. The molecule has 0 radical (unpaired) electrons. The van der Waals surface area contributed by atoms with Gasteiger partial charge >= 0.3 is 0 Å². The molecule has 1 aromatic heterocycles. The van der Waals surface area contributed by atoms with Crippen LogP contribution in [0, 0.1) is 5.82 Å². The first-order valence-electron chi connectivity index (χ1n) is 9.30. The zero-order chi connectivity index (χ0) is 20.1. The number of hydrogen-bond donors (Lipinski definition) is 1. The first-order valence-corrected chi connectivity index (χ1v) is 9.30. The summed E-state index contributed by atoms with van der Waals surface area (Å²) in [5, 5.41) is 7.06. The summed E-state index contributed by atoms with van der Waals surface area (Å²) in [4.78, 5) is 12.7. The molecule has 29 heavy (non-hydrogen) atoms. The highest BCUT2D eigenvalue weighted by Crippen LogP contribution is 2.23. The van der Waals surface area contributed by atoms with Crippen molar-refractivity contribution in [3.63, 3.8) is 0 Å². The van der Waals surface area contributed by atoms with Gasteiger partial charge in [0.25, 0.3) is 0 Å². The van der Waals surface area contributed by atoms with E-state index in [1.165, 1.54) is 12.1 Å². The maximum absolute atomic E-state index is 13.1. The number of rotatable bonds is 6. The number of carbonyl (C=O) groups excluding carboxylic acids is 1. The van der Waals surface area contributed by atoms with Crippen LogP contribution in [0.25, 0.3) is 11.3 Å². The maximum atomic E-state index is 13.1. The molecule has 0 aliphatic rings. The molecule has 4 rings (SSSR count). The summed E-state index contributed by atoms with van der Waals surface area (Å²) in [6, 6.07) is 27.0. The van der Waals surface area contributed by atoms with E-state index in [4.69, 9.17) is 4.52 Å². The minimum atomic E-state index is -0.319. The average Bonchev–Trinajstić information content (AvgIpc) is 3.22. The third kappa shape index (κ3) is 4.58. The second kappa shape index (κ2) is 8.52. The number of halogens is 1. The molecule has 4 aromatic rings. The summed E-state index contributed by atoms with van der Waals surface area (Å²) in [5.41, 5.74) is 3.22. The van der Waals surface area contributed by atoms with Crippen LogP contribution < -0.4 is 5.32 Å². The molecule has 4 nitrogen and oxygen atoms in total. The predicted molar refractivity (Wildman–Crippen MR) is 108 cm³/mol. The largest absolute Gasteiger partial charge is 0.356 e. The fraction of sp³-hybridized carbons (Fsp3) is 0.0833. The maximum Gasteiger partial charge on any atom is 0.226 e. The van der Waals surface area contributed by atoms with Gasteiger partial charge in [-0.3, -0.25) is 4.79 Å². The minimum absolute atomic E-state index is 0.0842. The van der Waals surface area contributed by atoms with Gasteiger partial charge in [0.1, 0.15) is 5.82 Å². The van der Waals surface area contributed by atoms with Gasteiger partial charge in [0.15, 0.2) is 5.76 Å². The summed E-state index contributed by atoms with van der Waals surface area (Å²) >= 11 is 0. The normalized spacial score (nSPS) is 10.8. The van der Waals surface area contributed by atoms with Crippen molar-refractivity contribution < 1.29 is 13.7 Å². The number of aromatic nitrogens is 1. The van der Waals surface area contributed by atoms with Crippen LogP contribution in [0.2, 0.25) is 0 Å². The smallest absolute Gasteiger partial charge is 0.226 e. The number of amides is 1.